The Bertz CT molecular complexity index is 625. The number of rotatable bonds is 5. The molecule has 0 heterocycles. The summed E-state index contributed by atoms with van der Waals surface area (Å²) in [5.74, 6) is -0.314. The van der Waals surface area contributed by atoms with Crippen LogP contribution in [0.15, 0.2) is 48.5 Å². The van der Waals surface area contributed by atoms with E-state index in [2.05, 4.69) is 29.7 Å². The van der Waals surface area contributed by atoms with Crippen molar-refractivity contribution in [1.82, 2.24) is 10.6 Å². The van der Waals surface area contributed by atoms with Crippen molar-refractivity contribution in [2.45, 2.75) is 32.9 Å². The lowest BCUT2D eigenvalue weighted by molar-refractivity contribution is 0.237. The Morgan fingerprint density at radius 3 is 2.45 bits per heavy atom. The van der Waals surface area contributed by atoms with E-state index in [0.717, 1.165) is 12.0 Å². The molecule has 0 aliphatic rings. The lowest BCUT2D eigenvalue weighted by Crippen LogP contribution is -2.36. The van der Waals surface area contributed by atoms with Crippen LogP contribution >= 0.6 is 0 Å². The molecule has 0 saturated heterocycles. The first-order valence-corrected chi connectivity index (χ1v) is 7.46. The SMILES string of the molecule is CCc1ccc(C(C)NC(=O)NCc2ccccc2F)cc1. The number of carbonyl (C=O) groups is 1. The van der Waals surface area contributed by atoms with Crippen LogP contribution in [0.25, 0.3) is 0 Å². The first kappa shape index (κ1) is 16.0. The number of aryl methyl sites for hydroxylation is 1. The Labute approximate surface area is 130 Å². The molecule has 0 bridgehead atoms. The monoisotopic (exact) mass is 300 g/mol. The van der Waals surface area contributed by atoms with Gasteiger partial charge in [0.15, 0.2) is 0 Å². The van der Waals surface area contributed by atoms with Crippen molar-refractivity contribution in [1.29, 1.82) is 0 Å². The number of hydrogen-bond donors (Lipinski definition) is 2. The molecule has 1 atom stereocenters. The number of amides is 2. The van der Waals surface area contributed by atoms with Crippen LogP contribution in [0.2, 0.25) is 0 Å². The highest BCUT2D eigenvalue weighted by molar-refractivity contribution is 5.74. The van der Waals surface area contributed by atoms with Crippen molar-refractivity contribution < 1.29 is 9.18 Å². The number of benzene rings is 2. The van der Waals surface area contributed by atoms with Gasteiger partial charge in [0.25, 0.3) is 0 Å². The van der Waals surface area contributed by atoms with Gasteiger partial charge in [-0.05, 0) is 30.5 Å². The van der Waals surface area contributed by atoms with E-state index in [9.17, 15) is 9.18 Å². The largest absolute Gasteiger partial charge is 0.334 e. The van der Waals surface area contributed by atoms with Crippen molar-refractivity contribution in [3.05, 3.63) is 71.0 Å². The number of hydrogen-bond acceptors (Lipinski definition) is 1. The smallest absolute Gasteiger partial charge is 0.315 e. The fourth-order valence-corrected chi connectivity index (χ4v) is 2.19. The van der Waals surface area contributed by atoms with Crippen LogP contribution in [0.5, 0.6) is 0 Å². The molecule has 0 aromatic heterocycles. The van der Waals surface area contributed by atoms with Crippen LogP contribution in [0, 0.1) is 5.82 Å². The summed E-state index contributed by atoms with van der Waals surface area (Å²) in [5.41, 5.74) is 2.77. The van der Waals surface area contributed by atoms with Gasteiger partial charge in [0, 0.05) is 12.1 Å². The zero-order chi connectivity index (χ0) is 15.9. The molecule has 116 valence electrons. The van der Waals surface area contributed by atoms with Gasteiger partial charge in [-0.2, -0.15) is 0 Å². The third kappa shape index (κ3) is 4.32. The highest BCUT2D eigenvalue weighted by atomic mass is 19.1. The molecule has 22 heavy (non-hydrogen) atoms. The fraction of sp³-hybridized carbons (Fsp3) is 0.278. The minimum atomic E-state index is -0.314. The van der Waals surface area contributed by atoms with Crippen LogP contribution in [0.3, 0.4) is 0 Å². The summed E-state index contributed by atoms with van der Waals surface area (Å²) in [6.45, 7) is 4.19. The standard InChI is InChI=1S/C18H21FN2O/c1-3-14-8-10-15(11-9-14)13(2)21-18(22)20-12-16-6-4-5-7-17(16)19/h4-11,13H,3,12H2,1-2H3,(H2,20,21,22). The van der Waals surface area contributed by atoms with Crippen molar-refractivity contribution in [3.8, 4) is 0 Å². The second-order valence-electron chi connectivity index (χ2n) is 5.24. The Balaban J connectivity index is 1.87. The van der Waals surface area contributed by atoms with Gasteiger partial charge in [-0.1, -0.05) is 49.4 Å². The third-order valence-corrected chi connectivity index (χ3v) is 3.63. The van der Waals surface area contributed by atoms with E-state index in [1.54, 1.807) is 18.2 Å². The summed E-state index contributed by atoms with van der Waals surface area (Å²) in [5, 5.41) is 5.52. The predicted molar refractivity (Wildman–Crippen MR) is 86.0 cm³/mol. The Hall–Kier alpha value is -2.36. The molecule has 0 aliphatic carbocycles. The molecular formula is C18H21FN2O. The van der Waals surface area contributed by atoms with Crippen molar-refractivity contribution in [3.63, 3.8) is 0 Å². The van der Waals surface area contributed by atoms with Crippen LogP contribution in [-0.4, -0.2) is 6.03 Å². The highest BCUT2D eigenvalue weighted by Gasteiger charge is 2.09. The molecule has 2 N–H and O–H groups in total. The summed E-state index contributed by atoms with van der Waals surface area (Å²) >= 11 is 0. The van der Waals surface area contributed by atoms with Gasteiger partial charge in [-0.15, -0.1) is 0 Å². The average Bonchev–Trinajstić information content (AvgIpc) is 2.54. The second-order valence-corrected chi connectivity index (χ2v) is 5.24. The van der Waals surface area contributed by atoms with Gasteiger partial charge in [0.1, 0.15) is 5.82 Å². The van der Waals surface area contributed by atoms with Gasteiger partial charge in [-0.25, -0.2) is 9.18 Å². The van der Waals surface area contributed by atoms with E-state index >= 15 is 0 Å². The van der Waals surface area contributed by atoms with Crippen molar-refractivity contribution >= 4 is 6.03 Å². The number of nitrogens with one attached hydrogen (secondary N) is 2. The molecule has 3 nitrogen and oxygen atoms in total. The fourth-order valence-electron chi connectivity index (χ4n) is 2.19. The van der Waals surface area contributed by atoms with E-state index in [1.807, 2.05) is 19.1 Å². The molecule has 0 fully saturated rings. The van der Waals surface area contributed by atoms with E-state index in [1.165, 1.54) is 11.6 Å². The van der Waals surface area contributed by atoms with E-state index < -0.39 is 0 Å². The third-order valence-electron chi connectivity index (χ3n) is 3.63. The van der Waals surface area contributed by atoms with Gasteiger partial charge in [0.2, 0.25) is 0 Å². The van der Waals surface area contributed by atoms with Gasteiger partial charge < -0.3 is 10.6 Å². The summed E-state index contributed by atoms with van der Waals surface area (Å²) in [6.07, 6.45) is 0.991. The van der Waals surface area contributed by atoms with Gasteiger partial charge in [-0.3, -0.25) is 0 Å². The first-order valence-electron chi connectivity index (χ1n) is 7.46. The topological polar surface area (TPSA) is 41.1 Å². The molecule has 1 unspecified atom stereocenters. The summed E-state index contributed by atoms with van der Waals surface area (Å²) < 4.78 is 13.5. The maximum atomic E-state index is 13.5. The van der Waals surface area contributed by atoms with E-state index in [4.69, 9.17) is 0 Å². The van der Waals surface area contributed by atoms with E-state index in [-0.39, 0.29) is 24.4 Å². The molecule has 0 aliphatic heterocycles. The average molecular weight is 300 g/mol. The van der Waals surface area contributed by atoms with Crippen molar-refractivity contribution in [2.24, 2.45) is 0 Å². The molecule has 0 radical (unpaired) electrons. The number of halogens is 1. The molecular weight excluding hydrogens is 279 g/mol. The molecule has 0 saturated carbocycles. The molecule has 4 heteroatoms. The minimum Gasteiger partial charge on any atom is -0.334 e. The Morgan fingerprint density at radius 1 is 1.14 bits per heavy atom. The summed E-state index contributed by atoms with van der Waals surface area (Å²) in [6, 6.07) is 14.1. The van der Waals surface area contributed by atoms with Gasteiger partial charge >= 0.3 is 6.03 Å². The Kier molecular flexibility index (Phi) is 5.53. The zero-order valence-corrected chi connectivity index (χ0v) is 12.9. The second kappa shape index (κ2) is 7.59. The number of carbonyl (C=O) groups excluding carboxylic acids is 1. The first-order chi connectivity index (χ1) is 10.6. The van der Waals surface area contributed by atoms with Crippen molar-refractivity contribution in [2.75, 3.05) is 0 Å². The minimum absolute atomic E-state index is 0.105. The predicted octanol–water partition coefficient (Wildman–Crippen LogP) is 3.95. The molecule has 2 aromatic rings. The Morgan fingerprint density at radius 2 is 1.82 bits per heavy atom. The quantitative estimate of drug-likeness (QED) is 0.862. The molecule has 2 rings (SSSR count). The molecule has 0 spiro atoms. The lowest BCUT2D eigenvalue weighted by Gasteiger charge is -2.15. The molecule has 2 aromatic carbocycles. The van der Waals surface area contributed by atoms with Crippen LogP contribution in [-0.2, 0) is 13.0 Å². The highest BCUT2D eigenvalue weighted by Crippen LogP contribution is 2.13. The zero-order valence-electron chi connectivity index (χ0n) is 12.9. The van der Waals surface area contributed by atoms with E-state index in [0.29, 0.717) is 5.56 Å². The summed E-state index contributed by atoms with van der Waals surface area (Å²) in [7, 11) is 0. The van der Waals surface area contributed by atoms with Gasteiger partial charge in [0.05, 0.1) is 6.04 Å². The molecule has 2 amide bonds. The van der Waals surface area contributed by atoms with Crippen LogP contribution in [0.1, 0.15) is 36.6 Å². The normalized spacial score (nSPS) is 11.8. The maximum absolute atomic E-state index is 13.5. The summed E-state index contributed by atoms with van der Waals surface area (Å²) in [4.78, 5) is 11.9. The lowest BCUT2D eigenvalue weighted by atomic mass is 10.1. The van der Waals surface area contributed by atoms with Crippen LogP contribution < -0.4 is 10.6 Å². The van der Waals surface area contributed by atoms with Crippen LogP contribution in [0.4, 0.5) is 9.18 Å². The maximum Gasteiger partial charge on any atom is 0.315 e. The number of urea groups is 1.